The molecule has 0 aromatic heterocycles. The van der Waals surface area contributed by atoms with E-state index in [2.05, 4.69) is 24.0 Å². The molecule has 0 heterocycles. The number of aliphatic hydroxyl groups is 1. The Morgan fingerprint density at radius 1 is 1.11 bits per heavy atom. The lowest BCUT2D eigenvalue weighted by molar-refractivity contribution is 0.199. The molecule has 0 unspecified atom stereocenters. The molecule has 3 heteroatoms. The molecule has 0 aliphatic rings. The highest BCUT2D eigenvalue weighted by molar-refractivity contribution is 6.33. The van der Waals surface area contributed by atoms with Gasteiger partial charge in [-0.2, -0.15) is 0 Å². The minimum absolute atomic E-state index is 0.504. The quantitative estimate of drug-likeness (QED) is 0.893. The second-order valence-electron chi connectivity index (χ2n) is 4.73. The predicted molar refractivity (Wildman–Crippen MR) is 81.3 cm³/mol. The van der Waals surface area contributed by atoms with Crippen molar-refractivity contribution in [3.05, 3.63) is 58.6 Å². The fraction of sp³-hybridized carbons (Fsp3) is 0.250. The maximum atomic E-state index is 9.57. The topological polar surface area (TPSA) is 23.5 Å². The zero-order valence-corrected chi connectivity index (χ0v) is 12.1. The number of aryl methyl sites for hydroxylation is 1. The summed E-state index contributed by atoms with van der Waals surface area (Å²) in [5.41, 5.74) is 4.07. The van der Waals surface area contributed by atoms with Crippen molar-refractivity contribution in [2.45, 2.75) is 20.0 Å². The highest BCUT2D eigenvalue weighted by atomic mass is 35.5. The van der Waals surface area contributed by atoms with Gasteiger partial charge in [-0.1, -0.05) is 35.9 Å². The van der Waals surface area contributed by atoms with Crippen LogP contribution in [-0.2, 0) is 0 Å². The van der Waals surface area contributed by atoms with Crippen LogP contribution in [-0.4, -0.2) is 12.2 Å². The van der Waals surface area contributed by atoms with Gasteiger partial charge in [0.25, 0.3) is 0 Å². The monoisotopic (exact) mass is 275 g/mol. The van der Waals surface area contributed by atoms with Gasteiger partial charge in [0, 0.05) is 12.7 Å². The van der Waals surface area contributed by atoms with E-state index < -0.39 is 6.10 Å². The minimum Gasteiger partial charge on any atom is -0.389 e. The summed E-state index contributed by atoms with van der Waals surface area (Å²) in [6.07, 6.45) is -0.504. The van der Waals surface area contributed by atoms with E-state index in [-0.39, 0.29) is 0 Å². The molecule has 0 saturated carbocycles. The fourth-order valence-electron chi connectivity index (χ4n) is 2.12. The first-order valence-corrected chi connectivity index (χ1v) is 6.65. The van der Waals surface area contributed by atoms with E-state index >= 15 is 0 Å². The van der Waals surface area contributed by atoms with Gasteiger partial charge >= 0.3 is 0 Å². The molecule has 0 saturated heterocycles. The molecule has 0 amide bonds. The fourth-order valence-corrected chi connectivity index (χ4v) is 2.44. The molecule has 2 aromatic carbocycles. The van der Waals surface area contributed by atoms with Crippen molar-refractivity contribution >= 4 is 23.0 Å². The van der Waals surface area contributed by atoms with Crippen LogP contribution in [0.4, 0.5) is 11.4 Å². The molecule has 2 rings (SSSR count). The number of halogens is 1. The third kappa shape index (κ3) is 2.91. The first-order chi connectivity index (χ1) is 9.00. The number of anilines is 2. The molecule has 0 spiro atoms. The molecular formula is C16H18ClNO. The largest absolute Gasteiger partial charge is 0.389 e. The Bertz CT molecular complexity index is 581. The second-order valence-corrected chi connectivity index (χ2v) is 5.14. The van der Waals surface area contributed by atoms with Crippen molar-refractivity contribution in [2.75, 3.05) is 11.9 Å². The molecule has 0 radical (unpaired) electrons. The lowest BCUT2D eigenvalue weighted by Gasteiger charge is -2.23. The standard InChI is InChI=1S/C16H18ClNO/c1-11-6-4-5-7-15(11)18(3)16-9-8-13(12(2)19)10-14(16)17/h4-10,12,19H,1-3H3/t12-/m1/s1. The van der Waals surface area contributed by atoms with Gasteiger partial charge in [0.2, 0.25) is 0 Å². The van der Waals surface area contributed by atoms with Gasteiger partial charge in [-0.3, -0.25) is 0 Å². The van der Waals surface area contributed by atoms with Gasteiger partial charge in [-0.05, 0) is 43.2 Å². The molecule has 1 atom stereocenters. The van der Waals surface area contributed by atoms with Crippen LogP contribution in [0.5, 0.6) is 0 Å². The zero-order valence-electron chi connectivity index (χ0n) is 11.4. The van der Waals surface area contributed by atoms with Gasteiger partial charge in [-0.15, -0.1) is 0 Å². The number of hydrogen-bond acceptors (Lipinski definition) is 2. The third-order valence-electron chi connectivity index (χ3n) is 3.29. The van der Waals surface area contributed by atoms with Crippen LogP contribution in [0.2, 0.25) is 5.02 Å². The van der Waals surface area contributed by atoms with Crippen molar-refractivity contribution in [1.82, 2.24) is 0 Å². The van der Waals surface area contributed by atoms with E-state index in [0.29, 0.717) is 5.02 Å². The van der Waals surface area contributed by atoms with Crippen LogP contribution in [0, 0.1) is 6.92 Å². The van der Waals surface area contributed by atoms with Crippen molar-refractivity contribution in [2.24, 2.45) is 0 Å². The lowest BCUT2D eigenvalue weighted by Crippen LogP contribution is -2.11. The highest BCUT2D eigenvalue weighted by Gasteiger charge is 2.11. The van der Waals surface area contributed by atoms with E-state index in [4.69, 9.17) is 11.6 Å². The maximum absolute atomic E-state index is 9.57. The smallest absolute Gasteiger partial charge is 0.0762 e. The van der Waals surface area contributed by atoms with Crippen LogP contribution in [0.3, 0.4) is 0 Å². The molecule has 2 aromatic rings. The Morgan fingerprint density at radius 3 is 2.37 bits per heavy atom. The predicted octanol–water partition coefficient (Wildman–Crippen LogP) is 4.47. The number of aliphatic hydroxyl groups excluding tert-OH is 1. The molecule has 0 fully saturated rings. The Kier molecular flexibility index (Phi) is 4.13. The number of rotatable bonds is 3. The maximum Gasteiger partial charge on any atom is 0.0762 e. The summed E-state index contributed by atoms with van der Waals surface area (Å²) in [5.74, 6) is 0. The van der Waals surface area contributed by atoms with Gasteiger partial charge < -0.3 is 10.0 Å². The molecule has 0 aliphatic carbocycles. The van der Waals surface area contributed by atoms with Gasteiger partial charge in [0.1, 0.15) is 0 Å². The van der Waals surface area contributed by atoms with Crippen LogP contribution in [0.15, 0.2) is 42.5 Å². The first kappa shape index (κ1) is 13.9. The summed E-state index contributed by atoms with van der Waals surface area (Å²) in [6, 6.07) is 13.8. The minimum atomic E-state index is -0.504. The zero-order chi connectivity index (χ0) is 14.0. The Labute approximate surface area is 119 Å². The second kappa shape index (κ2) is 5.64. The van der Waals surface area contributed by atoms with Crippen molar-refractivity contribution in [3.63, 3.8) is 0 Å². The van der Waals surface area contributed by atoms with Crippen LogP contribution < -0.4 is 4.90 Å². The molecular weight excluding hydrogens is 258 g/mol. The summed E-state index contributed by atoms with van der Waals surface area (Å²) in [5, 5.41) is 10.2. The molecule has 0 aliphatic heterocycles. The van der Waals surface area contributed by atoms with E-state index in [1.807, 2.05) is 37.4 Å². The summed E-state index contributed by atoms with van der Waals surface area (Å²) in [6.45, 7) is 3.81. The number of benzene rings is 2. The van der Waals surface area contributed by atoms with Gasteiger partial charge in [0.15, 0.2) is 0 Å². The first-order valence-electron chi connectivity index (χ1n) is 6.27. The number of hydrogen-bond donors (Lipinski definition) is 1. The average molecular weight is 276 g/mol. The molecule has 100 valence electrons. The number of para-hydroxylation sites is 1. The molecule has 19 heavy (non-hydrogen) atoms. The van der Waals surface area contributed by atoms with Crippen LogP contribution >= 0.6 is 11.6 Å². The van der Waals surface area contributed by atoms with Crippen molar-refractivity contribution in [1.29, 1.82) is 0 Å². The Hall–Kier alpha value is -1.51. The van der Waals surface area contributed by atoms with E-state index in [9.17, 15) is 5.11 Å². The summed E-state index contributed by atoms with van der Waals surface area (Å²) in [7, 11) is 1.99. The van der Waals surface area contributed by atoms with E-state index in [1.54, 1.807) is 6.92 Å². The lowest BCUT2D eigenvalue weighted by atomic mass is 10.1. The van der Waals surface area contributed by atoms with Gasteiger partial charge in [0.05, 0.1) is 16.8 Å². The summed E-state index contributed by atoms with van der Waals surface area (Å²) >= 11 is 6.32. The van der Waals surface area contributed by atoms with Crippen molar-refractivity contribution < 1.29 is 5.11 Å². The molecule has 2 nitrogen and oxygen atoms in total. The molecule has 0 bridgehead atoms. The van der Waals surface area contributed by atoms with E-state index in [1.165, 1.54) is 5.56 Å². The van der Waals surface area contributed by atoms with Crippen LogP contribution in [0.1, 0.15) is 24.2 Å². The average Bonchev–Trinajstić information content (AvgIpc) is 2.38. The Morgan fingerprint density at radius 2 is 1.79 bits per heavy atom. The SMILES string of the molecule is Cc1ccccc1N(C)c1ccc([C@@H](C)O)cc1Cl. The molecule has 1 N–H and O–H groups in total. The highest BCUT2D eigenvalue weighted by Crippen LogP contribution is 2.33. The van der Waals surface area contributed by atoms with Crippen LogP contribution in [0.25, 0.3) is 0 Å². The normalized spacial score (nSPS) is 12.3. The summed E-state index contributed by atoms with van der Waals surface area (Å²) < 4.78 is 0. The van der Waals surface area contributed by atoms with Crippen molar-refractivity contribution in [3.8, 4) is 0 Å². The van der Waals surface area contributed by atoms with Gasteiger partial charge in [-0.25, -0.2) is 0 Å². The Balaban J connectivity index is 2.40. The summed E-state index contributed by atoms with van der Waals surface area (Å²) in [4.78, 5) is 2.06. The third-order valence-corrected chi connectivity index (χ3v) is 3.60. The number of nitrogens with zero attached hydrogens (tertiary/aromatic N) is 1. The van der Waals surface area contributed by atoms with E-state index in [0.717, 1.165) is 16.9 Å².